The molecule has 2 N–H and O–H groups in total. The van der Waals surface area contributed by atoms with Gasteiger partial charge >= 0.3 is 0 Å². The number of aliphatic hydroxyl groups is 1. The monoisotopic (exact) mass is 322 g/mol. The molecule has 122 valence electrons. The molecule has 0 bridgehead atoms. The molecule has 1 atom stereocenters. The number of rotatable bonds is 5. The summed E-state index contributed by atoms with van der Waals surface area (Å²) in [5, 5.41) is 17.2. The Morgan fingerprint density at radius 1 is 1.21 bits per heavy atom. The molecule has 1 unspecified atom stereocenters. The summed E-state index contributed by atoms with van der Waals surface area (Å²) in [6.07, 6.45) is 4.19. The van der Waals surface area contributed by atoms with E-state index >= 15 is 0 Å². The molecule has 2 heterocycles. The fourth-order valence-electron chi connectivity index (χ4n) is 2.51. The van der Waals surface area contributed by atoms with Crippen LogP contribution < -0.4 is 5.32 Å². The fourth-order valence-corrected chi connectivity index (χ4v) is 2.51. The Kier molecular flexibility index (Phi) is 4.67. The molecule has 3 rings (SSSR count). The van der Waals surface area contributed by atoms with E-state index in [1.54, 1.807) is 36.8 Å². The highest BCUT2D eigenvalue weighted by atomic mass is 16.3. The molecule has 6 nitrogen and oxygen atoms in total. The summed E-state index contributed by atoms with van der Waals surface area (Å²) in [5.41, 5.74) is 2.19. The zero-order valence-electron chi connectivity index (χ0n) is 13.3. The standard InChI is InChI=1S/C18H18N4O2/c1-13-6-2-3-7-14(13)16(23)12-20-18(24)15-8-4-9-19-17(15)22-11-5-10-21-22/h2-11,16,23H,12H2,1H3,(H,20,24). The molecule has 1 aromatic carbocycles. The molecule has 1 amide bonds. The Morgan fingerprint density at radius 2 is 2.04 bits per heavy atom. The average molecular weight is 322 g/mol. The SMILES string of the molecule is Cc1ccccc1C(O)CNC(=O)c1cccnc1-n1cccn1. The van der Waals surface area contributed by atoms with Crippen LogP contribution in [0.4, 0.5) is 0 Å². The first-order valence-electron chi connectivity index (χ1n) is 7.63. The molecule has 2 aromatic heterocycles. The van der Waals surface area contributed by atoms with Crippen LogP contribution in [0.1, 0.15) is 27.6 Å². The van der Waals surface area contributed by atoms with Gasteiger partial charge < -0.3 is 10.4 Å². The molecule has 0 spiro atoms. The minimum atomic E-state index is -0.764. The van der Waals surface area contributed by atoms with Crippen molar-refractivity contribution in [3.05, 3.63) is 77.7 Å². The summed E-state index contributed by atoms with van der Waals surface area (Å²) in [5.74, 6) is 0.145. The summed E-state index contributed by atoms with van der Waals surface area (Å²) in [6.45, 7) is 2.05. The lowest BCUT2D eigenvalue weighted by Crippen LogP contribution is -2.29. The van der Waals surface area contributed by atoms with E-state index in [1.165, 1.54) is 4.68 Å². The Balaban J connectivity index is 1.74. The quantitative estimate of drug-likeness (QED) is 0.753. The van der Waals surface area contributed by atoms with E-state index in [0.29, 0.717) is 11.4 Å². The molecule has 0 aliphatic carbocycles. The first-order valence-corrected chi connectivity index (χ1v) is 7.63. The molecule has 0 radical (unpaired) electrons. The van der Waals surface area contributed by atoms with Crippen LogP contribution >= 0.6 is 0 Å². The van der Waals surface area contributed by atoms with Crippen LogP contribution in [0.25, 0.3) is 5.82 Å². The average Bonchev–Trinajstić information content (AvgIpc) is 3.14. The number of pyridine rings is 1. The van der Waals surface area contributed by atoms with Crippen molar-refractivity contribution < 1.29 is 9.90 Å². The maximum Gasteiger partial charge on any atom is 0.255 e. The van der Waals surface area contributed by atoms with Gasteiger partial charge in [-0.3, -0.25) is 4.79 Å². The topological polar surface area (TPSA) is 80.0 Å². The second-order valence-electron chi connectivity index (χ2n) is 5.41. The number of benzene rings is 1. The molecule has 3 aromatic rings. The zero-order chi connectivity index (χ0) is 16.9. The van der Waals surface area contributed by atoms with Crippen LogP contribution in [0.3, 0.4) is 0 Å². The molecule has 0 saturated heterocycles. The maximum absolute atomic E-state index is 12.5. The van der Waals surface area contributed by atoms with Crippen LogP contribution in [0.15, 0.2) is 61.1 Å². The number of carbonyl (C=O) groups is 1. The number of aromatic nitrogens is 3. The molecular formula is C18H18N4O2. The lowest BCUT2D eigenvalue weighted by Gasteiger charge is -2.15. The van der Waals surface area contributed by atoms with Gasteiger partial charge in [-0.25, -0.2) is 9.67 Å². The number of hydrogen-bond donors (Lipinski definition) is 2. The van der Waals surface area contributed by atoms with Crippen molar-refractivity contribution in [1.29, 1.82) is 0 Å². The van der Waals surface area contributed by atoms with Crippen LogP contribution in [0.5, 0.6) is 0 Å². The van der Waals surface area contributed by atoms with Gasteiger partial charge in [-0.05, 0) is 36.2 Å². The van der Waals surface area contributed by atoms with Crippen molar-refractivity contribution in [1.82, 2.24) is 20.1 Å². The highest BCUT2D eigenvalue weighted by Gasteiger charge is 2.16. The van der Waals surface area contributed by atoms with Crippen LogP contribution in [-0.4, -0.2) is 32.3 Å². The number of nitrogens with zero attached hydrogens (tertiary/aromatic N) is 3. The Labute approximate surface area is 139 Å². The van der Waals surface area contributed by atoms with E-state index < -0.39 is 6.10 Å². The van der Waals surface area contributed by atoms with Crippen molar-refractivity contribution in [3.63, 3.8) is 0 Å². The second kappa shape index (κ2) is 7.06. The number of amides is 1. The van der Waals surface area contributed by atoms with Gasteiger partial charge in [0.05, 0.1) is 11.7 Å². The van der Waals surface area contributed by atoms with Gasteiger partial charge in [0.1, 0.15) is 0 Å². The number of carbonyl (C=O) groups excluding carboxylic acids is 1. The van der Waals surface area contributed by atoms with Crippen molar-refractivity contribution in [2.45, 2.75) is 13.0 Å². The summed E-state index contributed by atoms with van der Waals surface area (Å²) < 4.78 is 1.53. The highest BCUT2D eigenvalue weighted by Crippen LogP contribution is 2.17. The van der Waals surface area contributed by atoms with Crippen LogP contribution in [0, 0.1) is 6.92 Å². The highest BCUT2D eigenvalue weighted by molar-refractivity contribution is 5.97. The van der Waals surface area contributed by atoms with Gasteiger partial charge in [0.2, 0.25) is 0 Å². The smallest absolute Gasteiger partial charge is 0.255 e. The van der Waals surface area contributed by atoms with E-state index in [9.17, 15) is 9.90 Å². The second-order valence-corrected chi connectivity index (χ2v) is 5.41. The lowest BCUT2D eigenvalue weighted by atomic mass is 10.0. The van der Waals surface area contributed by atoms with Gasteiger partial charge in [0.25, 0.3) is 5.91 Å². The first-order chi connectivity index (χ1) is 11.7. The van der Waals surface area contributed by atoms with Crippen molar-refractivity contribution >= 4 is 5.91 Å². The van der Waals surface area contributed by atoms with E-state index in [1.807, 2.05) is 31.2 Å². The number of hydrogen-bond acceptors (Lipinski definition) is 4. The molecule has 0 aliphatic heterocycles. The summed E-state index contributed by atoms with van der Waals surface area (Å²) in [4.78, 5) is 16.7. The van der Waals surface area contributed by atoms with E-state index in [0.717, 1.165) is 11.1 Å². The molecular weight excluding hydrogens is 304 g/mol. The Bertz CT molecular complexity index is 831. The number of nitrogens with one attached hydrogen (secondary N) is 1. The molecule has 24 heavy (non-hydrogen) atoms. The van der Waals surface area contributed by atoms with Gasteiger partial charge in [0.15, 0.2) is 5.82 Å². The molecule has 0 aliphatic rings. The van der Waals surface area contributed by atoms with Crippen molar-refractivity contribution in [3.8, 4) is 5.82 Å². The number of aliphatic hydroxyl groups excluding tert-OH is 1. The van der Waals surface area contributed by atoms with E-state index in [-0.39, 0.29) is 12.5 Å². The fraction of sp³-hybridized carbons (Fsp3) is 0.167. The van der Waals surface area contributed by atoms with Crippen molar-refractivity contribution in [2.75, 3.05) is 6.54 Å². The Hall–Kier alpha value is -2.99. The Morgan fingerprint density at radius 3 is 2.79 bits per heavy atom. The summed E-state index contributed by atoms with van der Waals surface area (Å²) in [6, 6.07) is 12.7. The minimum Gasteiger partial charge on any atom is -0.387 e. The maximum atomic E-state index is 12.5. The van der Waals surface area contributed by atoms with E-state index in [4.69, 9.17) is 0 Å². The third-order valence-corrected chi connectivity index (χ3v) is 3.76. The van der Waals surface area contributed by atoms with Crippen molar-refractivity contribution in [2.24, 2.45) is 0 Å². The summed E-state index contributed by atoms with van der Waals surface area (Å²) in [7, 11) is 0. The number of aryl methyl sites for hydroxylation is 1. The van der Waals surface area contributed by atoms with E-state index in [2.05, 4.69) is 15.4 Å². The van der Waals surface area contributed by atoms with Gasteiger partial charge in [-0.15, -0.1) is 0 Å². The third-order valence-electron chi connectivity index (χ3n) is 3.76. The predicted octanol–water partition coefficient (Wildman–Crippen LogP) is 2.04. The summed E-state index contributed by atoms with van der Waals surface area (Å²) >= 11 is 0. The lowest BCUT2D eigenvalue weighted by molar-refractivity contribution is 0.0915. The molecule has 0 fully saturated rings. The zero-order valence-corrected chi connectivity index (χ0v) is 13.3. The predicted molar refractivity (Wildman–Crippen MR) is 89.8 cm³/mol. The first kappa shape index (κ1) is 15.9. The largest absolute Gasteiger partial charge is 0.387 e. The van der Waals surface area contributed by atoms with Crippen LogP contribution in [0.2, 0.25) is 0 Å². The molecule has 6 heteroatoms. The minimum absolute atomic E-state index is 0.122. The van der Waals surface area contributed by atoms with Gasteiger partial charge in [-0.1, -0.05) is 24.3 Å². The van der Waals surface area contributed by atoms with Gasteiger partial charge in [-0.2, -0.15) is 5.10 Å². The normalized spacial score (nSPS) is 11.9. The van der Waals surface area contributed by atoms with Crippen LogP contribution in [-0.2, 0) is 0 Å². The third kappa shape index (κ3) is 3.33. The molecule has 0 saturated carbocycles. The van der Waals surface area contributed by atoms with Gasteiger partial charge in [0, 0.05) is 25.1 Å².